The van der Waals surface area contributed by atoms with Crippen molar-refractivity contribution in [2.24, 2.45) is 7.05 Å². The molecule has 0 radical (unpaired) electrons. The number of carbonyl (C=O) groups excluding carboxylic acids is 2. The van der Waals surface area contributed by atoms with Gasteiger partial charge in [-0.3, -0.25) is 14.4 Å². The van der Waals surface area contributed by atoms with Gasteiger partial charge in [0.25, 0.3) is 0 Å². The predicted molar refractivity (Wildman–Crippen MR) is 54.9 cm³/mol. The summed E-state index contributed by atoms with van der Waals surface area (Å²) in [5.74, 6) is 0.679. The molecule has 1 aliphatic rings. The molecule has 86 valence electrons. The van der Waals surface area contributed by atoms with Gasteiger partial charge in [0.15, 0.2) is 0 Å². The van der Waals surface area contributed by atoms with Gasteiger partial charge >= 0.3 is 6.09 Å². The number of carbonyl (C=O) groups is 2. The summed E-state index contributed by atoms with van der Waals surface area (Å²) in [6.07, 6.45) is 1.47. The first kappa shape index (κ1) is 10.5. The Morgan fingerprint density at radius 2 is 2.56 bits per heavy atom. The van der Waals surface area contributed by atoms with Gasteiger partial charge < -0.3 is 10.1 Å². The summed E-state index contributed by atoms with van der Waals surface area (Å²) in [4.78, 5) is 23.2. The lowest BCUT2D eigenvalue weighted by molar-refractivity contribution is -0.109. The van der Waals surface area contributed by atoms with E-state index in [-0.39, 0.29) is 6.10 Å². The topological polar surface area (TPSA) is 76.5 Å². The second-order valence-electron chi connectivity index (χ2n) is 3.46. The van der Waals surface area contributed by atoms with Gasteiger partial charge in [-0.05, 0) is 0 Å². The Bertz CT molecular complexity index is 403. The molecule has 0 spiro atoms. The minimum atomic E-state index is -0.415. The van der Waals surface area contributed by atoms with E-state index >= 15 is 0 Å². The first-order valence-corrected chi connectivity index (χ1v) is 4.85. The van der Waals surface area contributed by atoms with Crippen molar-refractivity contribution in [2.45, 2.75) is 6.10 Å². The highest BCUT2D eigenvalue weighted by molar-refractivity contribution is 5.88. The number of hydrogen-bond acceptors (Lipinski definition) is 4. The fourth-order valence-electron chi connectivity index (χ4n) is 1.63. The van der Waals surface area contributed by atoms with Crippen LogP contribution < -0.4 is 10.2 Å². The van der Waals surface area contributed by atoms with Crippen LogP contribution in [0.5, 0.6) is 0 Å². The highest BCUT2D eigenvalue weighted by atomic mass is 16.6. The monoisotopic (exact) mass is 224 g/mol. The SMILES string of the molecule is Cn1nccc1N1CC(CNC=O)OC1=O. The van der Waals surface area contributed by atoms with Crippen molar-refractivity contribution in [1.29, 1.82) is 0 Å². The number of nitrogens with one attached hydrogen (secondary N) is 1. The molecule has 0 bridgehead atoms. The van der Waals surface area contributed by atoms with Crippen LogP contribution in [0, 0.1) is 0 Å². The molecule has 0 aliphatic carbocycles. The molecule has 2 heterocycles. The average molecular weight is 224 g/mol. The third kappa shape index (κ3) is 1.83. The molecule has 1 aromatic heterocycles. The zero-order valence-electron chi connectivity index (χ0n) is 8.79. The number of aromatic nitrogens is 2. The zero-order chi connectivity index (χ0) is 11.5. The lowest BCUT2D eigenvalue weighted by Gasteiger charge is -2.12. The largest absolute Gasteiger partial charge is 0.442 e. The van der Waals surface area contributed by atoms with Crippen LogP contribution in [-0.2, 0) is 16.6 Å². The van der Waals surface area contributed by atoms with Gasteiger partial charge in [-0.15, -0.1) is 0 Å². The quantitative estimate of drug-likeness (QED) is 0.699. The van der Waals surface area contributed by atoms with E-state index in [0.29, 0.717) is 25.3 Å². The Balaban J connectivity index is 2.05. The minimum Gasteiger partial charge on any atom is -0.442 e. The van der Waals surface area contributed by atoms with Crippen LogP contribution in [0.1, 0.15) is 0 Å². The van der Waals surface area contributed by atoms with E-state index in [1.165, 1.54) is 4.90 Å². The van der Waals surface area contributed by atoms with Crippen LogP contribution in [0.15, 0.2) is 12.3 Å². The summed E-state index contributed by atoms with van der Waals surface area (Å²) in [5.41, 5.74) is 0. The van der Waals surface area contributed by atoms with Crippen molar-refractivity contribution < 1.29 is 14.3 Å². The second kappa shape index (κ2) is 4.21. The van der Waals surface area contributed by atoms with E-state index in [4.69, 9.17) is 4.74 Å². The lowest BCUT2D eigenvalue weighted by atomic mass is 10.3. The van der Waals surface area contributed by atoms with E-state index in [9.17, 15) is 9.59 Å². The average Bonchev–Trinajstić information content (AvgIpc) is 2.82. The molecule has 1 saturated heterocycles. The highest BCUT2D eigenvalue weighted by Gasteiger charge is 2.33. The molecule has 2 amide bonds. The first-order valence-electron chi connectivity index (χ1n) is 4.85. The third-order valence-electron chi connectivity index (χ3n) is 2.37. The van der Waals surface area contributed by atoms with Gasteiger partial charge in [0, 0.05) is 13.1 Å². The molecule has 16 heavy (non-hydrogen) atoms. The Hall–Kier alpha value is -2.05. The molecule has 1 fully saturated rings. The summed E-state index contributed by atoms with van der Waals surface area (Å²) in [6, 6.07) is 1.73. The van der Waals surface area contributed by atoms with Crippen molar-refractivity contribution in [1.82, 2.24) is 15.1 Å². The van der Waals surface area contributed by atoms with Gasteiger partial charge in [0.2, 0.25) is 6.41 Å². The zero-order valence-corrected chi connectivity index (χ0v) is 8.79. The summed E-state index contributed by atoms with van der Waals surface area (Å²) >= 11 is 0. The highest BCUT2D eigenvalue weighted by Crippen LogP contribution is 2.19. The Morgan fingerprint density at radius 3 is 3.19 bits per heavy atom. The number of hydrogen-bond donors (Lipinski definition) is 1. The van der Waals surface area contributed by atoms with Crippen LogP contribution >= 0.6 is 0 Å². The van der Waals surface area contributed by atoms with Gasteiger partial charge in [-0.2, -0.15) is 5.10 Å². The van der Waals surface area contributed by atoms with Gasteiger partial charge in [-0.25, -0.2) is 4.79 Å². The summed E-state index contributed by atoms with van der Waals surface area (Å²) in [5, 5.41) is 6.46. The Labute approximate surface area is 92.0 Å². The van der Waals surface area contributed by atoms with Crippen LogP contribution in [-0.4, -0.2) is 41.5 Å². The lowest BCUT2D eigenvalue weighted by Crippen LogP contribution is -2.31. The molecule has 1 N–H and O–H groups in total. The normalized spacial score (nSPS) is 19.7. The molecule has 0 saturated carbocycles. The fourth-order valence-corrected chi connectivity index (χ4v) is 1.63. The number of cyclic esters (lactones) is 1. The van der Waals surface area contributed by atoms with Gasteiger partial charge in [0.05, 0.1) is 19.3 Å². The summed E-state index contributed by atoms with van der Waals surface area (Å²) in [6.45, 7) is 0.739. The van der Waals surface area contributed by atoms with Gasteiger partial charge in [-0.1, -0.05) is 0 Å². The van der Waals surface area contributed by atoms with E-state index in [1.807, 2.05) is 0 Å². The van der Waals surface area contributed by atoms with Crippen molar-refractivity contribution in [3.8, 4) is 0 Å². The smallest absolute Gasteiger partial charge is 0.416 e. The third-order valence-corrected chi connectivity index (χ3v) is 2.37. The maximum Gasteiger partial charge on any atom is 0.416 e. The molecule has 0 aromatic carbocycles. The molecular weight excluding hydrogens is 212 g/mol. The standard InChI is InChI=1S/C9H12N4O3/c1-12-8(2-3-11-12)13-5-7(4-10-6-14)16-9(13)15/h2-3,6-7H,4-5H2,1H3,(H,10,14). The fraction of sp³-hybridized carbons (Fsp3) is 0.444. The maximum absolute atomic E-state index is 11.5. The van der Waals surface area contributed by atoms with Crippen molar-refractivity contribution in [3.05, 3.63) is 12.3 Å². The van der Waals surface area contributed by atoms with Gasteiger partial charge in [0.1, 0.15) is 11.9 Å². The summed E-state index contributed by atoms with van der Waals surface area (Å²) < 4.78 is 6.67. The van der Waals surface area contributed by atoms with Crippen LogP contribution in [0.25, 0.3) is 0 Å². The van der Waals surface area contributed by atoms with E-state index < -0.39 is 6.09 Å². The van der Waals surface area contributed by atoms with E-state index in [2.05, 4.69) is 10.4 Å². The number of aryl methyl sites for hydroxylation is 1. The maximum atomic E-state index is 11.5. The number of ether oxygens (including phenoxy) is 1. The molecule has 1 aromatic rings. The first-order chi connectivity index (χ1) is 7.72. The number of nitrogens with zero attached hydrogens (tertiary/aromatic N) is 3. The van der Waals surface area contributed by atoms with Crippen molar-refractivity contribution in [2.75, 3.05) is 18.0 Å². The van der Waals surface area contributed by atoms with Crippen LogP contribution in [0.4, 0.5) is 10.6 Å². The van der Waals surface area contributed by atoms with Crippen LogP contribution in [0.2, 0.25) is 0 Å². The van der Waals surface area contributed by atoms with E-state index in [1.54, 1.807) is 24.0 Å². The number of rotatable bonds is 4. The number of anilines is 1. The molecule has 1 aliphatic heterocycles. The molecular formula is C9H12N4O3. The molecule has 1 atom stereocenters. The van der Waals surface area contributed by atoms with Crippen LogP contribution in [0.3, 0.4) is 0 Å². The predicted octanol–water partition coefficient (Wildman–Crippen LogP) is -0.509. The van der Waals surface area contributed by atoms with Crippen molar-refractivity contribution in [3.63, 3.8) is 0 Å². The molecule has 7 heteroatoms. The Kier molecular flexibility index (Phi) is 2.76. The minimum absolute atomic E-state index is 0.312. The van der Waals surface area contributed by atoms with Crippen molar-refractivity contribution >= 4 is 18.3 Å². The summed E-state index contributed by atoms with van der Waals surface area (Å²) in [7, 11) is 1.75. The molecule has 1 unspecified atom stereocenters. The van der Waals surface area contributed by atoms with E-state index in [0.717, 1.165) is 0 Å². The number of amides is 2. The Morgan fingerprint density at radius 1 is 1.75 bits per heavy atom. The molecule has 2 rings (SSSR count). The second-order valence-corrected chi connectivity index (χ2v) is 3.46. The molecule has 7 nitrogen and oxygen atoms in total.